The van der Waals surface area contributed by atoms with Crippen LogP contribution in [0.2, 0.25) is 0 Å². The van der Waals surface area contributed by atoms with Gasteiger partial charge in [-0.2, -0.15) is 4.31 Å². The van der Waals surface area contributed by atoms with Crippen molar-refractivity contribution in [3.05, 3.63) is 30.3 Å². The number of ether oxygens (including phenoxy) is 1. The van der Waals surface area contributed by atoms with Gasteiger partial charge in [0.2, 0.25) is 10.0 Å². The van der Waals surface area contributed by atoms with Gasteiger partial charge in [0.05, 0.1) is 4.90 Å². The Hall–Kier alpha value is -1.40. The zero-order valence-corrected chi connectivity index (χ0v) is 12.6. The molecule has 5 nitrogen and oxygen atoms in total. The van der Waals surface area contributed by atoms with Gasteiger partial charge in [-0.05, 0) is 25.0 Å². The van der Waals surface area contributed by atoms with E-state index in [-0.39, 0.29) is 24.0 Å². The molecule has 21 heavy (non-hydrogen) atoms. The first-order valence-corrected chi connectivity index (χ1v) is 8.76. The van der Waals surface area contributed by atoms with Crippen LogP contribution in [0, 0.1) is 0 Å². The van der Waals surface area contributed by atoms with Gasteiger partial charge in [-0.25, -0.2) is 8.42 Å². The Morgan fingerprint density at radius 2 is 1.71 bits per heavy atom. The van der Waals surface area contributed by atoms with Crippen LogP contribution in [-0.4, -0.2) is 37.4 Å². The molecular formula is C15H19NO4S. The highest BCUT2D eigenvalue weighted by atomic mass is 32.2. The van der Waals surface area contributed by atoms with E-state index in [0.717, 1.165) is 19.3 Å². The fourth-order valence-electron chi connectivity index (χ4n) is 3.33. The smallest absolute Gasteiger partial charge is 0.327 e. The fourth-order valence-corrected chi connectivity index (χ4v) is 5.12. The maximum absolute atomic E-state index is 12.9. The van der Waals surface area contributed by atoms with E-state index in [1.807, 2.05) is 0 Å². The minimum atomic E-state index is -3.67. The number of hydrogen-bond acceptors (Lipinski definition) is 4. The highest BCUT2D eigenvalue weighted by Crippen LogP contribution is 2.39. The minimum absolute atomic E-state index is 0.132. The highest BCUT2D eigenvalue weighted by molar-refractivity contribution is 7.89. The molecular weight excluding hydrogens is 290 g/mol. The van der Waals surface area contributed by atoms with Crippen LogP contribution in [0.4, 0.5) is 0 Å². The number of nitrogens with zero attached hydrogens (tertiary/aromatic N) is 1. The number of esters is 1. The Bertz CT molecular complexity index is 620. The maximum Gasteiger partial charge on any atom is 0.327 e. The van der Waals surface area contributed by atoms with Gasteiger partial charge in [-0.15, -0.1) is 0 Å². The summed E-state index contributed by atoms with van der Waals surface area (Å²) in [5.74, 6) is -0.382. The van der Waals surface area contributed by atoms with E-state index in [2.05, 4.69) is 0 Å². The molecule has 114 valence electrons. The van der Waals surface area contributed by atoms with Crippen LogP contribution >= 0.6 is 0 Å². The number of benzene rings is 1. The molecule has 2 aliphatic rings. The Kier molecular flexibility index (Phi) is 3.75. The summed E-state index contributed by atoms with van der Waals surface area (Å²) in [5, 5.41) is 0. The van der Waals surface area contributed by atoms with Crippen LogP contribution in [0.15, 0.2) is 35.2 Å². The van der Waals surface area contributed by atoms with Crippen LogP contribution in [0.5, 0.6) is 0 Å². The van der Waals surface area contributed by atoms with Gasteiger partial charge < -0.3 is 4.74 Å². The lowest BCUT2D eigenvalue weighted by Crippen LogP contribution is -2.62. The summed E-state index contributed by atoms with van der Waals surface area (Å²) in [5.41, 5.74) is -0.995. The van der Waals surface area contributed by atoms with Crippen LogP contribution in [0.1, 0.15) is 32.1 Å². The van der Waals surface area contributed by atoms with E-state index in [0.29, 0.717) is 12.8 Å². The van der Waals surface area contributed by atoms with Crippen LogP contribution in [0.3, 0.4) is 0 Å². The predicted molar refractivity (Wildman–Crippen MR) is 77.1 cm³/mol. The molecule has 0 radical (unpaired) electrons. The summed E-state index contributed by atoms with van der Waals surface area (Å²) in [4.78, 5) is 12.6. The third kappa shape index (κ3) is 2.36. The number of hydrogen-bond donors (Lipinski definition) is 0. The van der Waals surface area contributed by atoms with Crippen molar-refractivity contribution < 1.29 is 17.9 Å². The second-order valence-electron chi connectivity index (χ2n) is 5.62. The van der Waals surface area contributed by atoms with E-state index in [9.17, 15) is 13.2 Å². The average Bonchev–Trinajstić information content (AvgIpc) is 2.52. The van der Waals surface area contributed by atoms with Crippen molar-refractivity contribution in [2.24, 2.45) is 0 Å². The molecule has 0 amide bonds. The SMILES string of the molecule is O=C1OCCN(S(=O)(=O)c2ccccc2)C12CCCCC2. The Morgan fingerprint density at radius 3 is 2.38 bits per heavy atom. The van der Waals surface area contributed by atoms with Gasteiger partial charge >= 0.3 is 5.97 Å². The molecule has 1 aliphatic heterocycles. The van der Waals surface area contributed by atoms with E-state index < -0.39 is 15.6 Å². The van der Waals surface area contributed by atoms with Gasteiger partial charge in [0.25, 0.3) is 0 Å². The Morgan fingerprint density at radius 1 is 1.05 bits per heavy atom. The van der Waals surface area contributed by atoms with Crippen LogP contribution < -0.4 is 0 Å². The molecule has 0 aromatic heterocycles. The molecule has 1 aromatic carbocycles. The van der Waals surface area contributed by atoms with Crippen molar-refractivity contribution in [2.75, 3.05) is 13.2 Å². The lowest BCUT2D eigenvalue weighted by Gasteiger charge is -2.45. The lowest BCUT2D eigenvalue weighted by molar-refractivity contribution is -0.165. The van der Waals surface area contributed by atoms with Crippen molar-refractivity contribution >= 4 is 16.0 Å². The highest BCUT2D eigenvalue weighted by Gasteiger charge is 2.53. The summed E-state index contributed by atoms with van der Waals surface area (Å²) in [7, 11) is -3.67. The number of carbonyl (C=O) groups is 1. The van der Waals surface area contributed by atoms with Crippen molar-refractivity contribution in [1.82, 2.24) is 4.31 Å². The predicted octanol–water partition coefficient (Wildman–Crippen LogP) is 1.94. The van der Waals surface area contributed by atoms with Gasteiger partial charge in [0.1, 0.15) is 12.1 Å². The fraction of sp³-hybridized carbons (Fsp3) is 0.533. The average molecular weight is 309 g/mol. The molecule has 1 aromatic rings. The third-order valence-electron chi connectivity index (χ3n) is 4.40. The molecule has 0 unspecified atom stereocenters. The standard InChI is InChI=1S/C15H19NO4S/c17-14-15(9-5-2-6-10-15)16(11-12-20-14)21(18,19)13-7-3-1-4-8-13/h1,3-4,7-8H,2,5-6,9-12H2. The Labute approximate surface area is 124 Å². The van der Waals surface area contributed by atoms with Crippen LogP contribution in [0.25, 0.3) is 0 Å². The van der Waals surface area contributed by atoms with Crippen molar-refractivity contribution in [2.45, 2.75) is 42.5 Å². The first kappa shape index (κ1) is 14.5. The third-order valence-corrected chi connectivity index (χ3v) is 6.38. The normalized spacial score (nSPS) is 23.0. The summed E-state index contributed by atoms with van der Waals surface area (Å²) in [6, 6.07) is 8.32. The first-order chi connectivity index (χ1) is 10.1. The topological polar surface area (TPSA) is 63.7 Å². The molecule has 0 N–H and O–H groups in total. The van der Waals surface area contributed by atoms with E-state index in [4.69, 9.17) is 4.74 Å². The second-order valence-corrected chi connectivity index (χ2v) is 7.48. The summed E-state index contributed by atoms with van der Waals surface area (Å²) < 4.78 is 32.4. The molecule has 3 rings (SSSR count). The zero-order chi connectivity index (χ0) is 14.9. The first-order valence-electron chi connectivity index (χ1n) is 7.32. The van der Waals surface area contributed by atoms with Crippen molar-refractivity contribution in [1.29, 1.82) is 0 Å². The van der Waals surface area contributed by atoms with E-state index in [1.54, 1.807) is 30.3 Å². The van der Waals surface area contributed by atoms with Gasteiger partial charge in [0, 0.05) is 6.54 Å². The number of carbonyl (C=O) groups excluding carboxylic acids is 1. The number of cyclic esters (lactones) is 1. The number of rotatable bonds is 2. The van der Waals surface area contributed by atoms with Crippen LogP contribution in [-0.2, 0) is 19.6 Å². The second kappa shape index (κ2) is 5.42. The Balaban J connectivity index is 2.04. The molecule has 1 heterocycles. The van der Waals surface area contributed by atoms with Gasteiger partial charge in [0.15, 0.2) is 0 Å². The van der Waals surface area contributed by atoms with Crippen molar-refractivity contribution in [3.63, 3.8) is 0 Å². The summed E-state index contributed by atoms with van der Waals surface area (Å²) in [6.07, 6.45) is 3.86. The molecule has 1 saturated heterocycles. The van der Waals surface area contributed by atoms with Crippen molar-refractivity contribution in [3.8, 4) is 0 Å². The molecule has 1 spiro atoms. The zero-order valence-electron chi connectivity index (χ0n) is 11.8. The number of sulfonamides is 1. The molecule has 0 bridgehead atoms. The largest absolute Gasteiger partial charge is 0.463 e. The quantitative estimate of drug-likeness (QED) is 0.783. The maximum atomic E-state index is 12.9. The van der Waals surface area contributed by atoms with E-state index >= 15 is 0 Å². The van der Waals surface area contributed by atoms with Gasteiger partial charge in [-0.1, -0.05) is 37.5 Å². The number of morpholine rings is 1. The molecule has 1 aliphatic carbocycles. The van der Waals surface area contributed by atoms with Gasteiger partial charge in [-0.3, -0.25) is 4.79 Å². The monoisotopic (exact) mass is 309 g/mol. The molecule has 6 heteroatoms. The lowest BCUT2D eigenvalue weighted by atomic mass is 9.81. The summed E-state index contributed by atoms with van der Waals surface area (Å²) in [6.45, 7) is 0.371. The minimum Gasteiger partial charge on any atom is -0.463 e. The molecule has 1 saturated carbocycles. The summed E-state index contributed by atoms with van der Waals surface area (Å²) >= 11 is 0. The molecule has 2 fully saturated rings. The molecule has 0 atom stereocenters. The van der Waals surface area contributed by atoms with E-state index in [1.165, 1.54) is 4.31 Å².